The van der Waals surface area contributed by atoms with Crippen LogP contribution in [0, 0.1) is 6.92 Å². The number of benzene rings is 2. The lowest BCUT2D eigenvalue weighted by Crippen LogP contribution is -2.48. The van der Waals surface area contributed by atoms with Gasteiger partial charge in [-0.25, -0.2) is 0 Å². The van der Waals surface area contributed by atoms with Crippen molar-refractivity contribution in [1.29, 1.82) is 0 Å². The molecule has 2 aromatic rings. The van der Waals surface area contributed by atoms with Crippen LogP contribution < -0.4 is 21.5 Å². The Balaban J connectivity index is 1.84. The van der Waals surface area contributed by atoms with Gasteiger partial charge in [0.25, 0.3) is 11.8 Å². The minimum atomic E-state index is -0.439. The van der Waals surface area contributed by atoms with Crippen molar-refractivity contribution in [2.45, 2.75) is 26.7 Å². The number of nitrogens with one attached hydrogen (secondary N) is 4. The Morgan fingerprint density at radius 1 is 0.966 bits per heavy atom. The van der Waals surface area contributed by atoms with Gasteiger partial charge < -0.3 is 5.32 Å². The number of aryl methyl sites for hydroxylation is 1. The van der Waals surface area contributed by atoms with Gasteiger partial charge in [-0.15, -0.1) is 0 Å². The number of anilines is 1. The number of hydrazine groups is 1. The predicted molar refractivity (Wildman–Crippen MR) is 120 cm³/mol. The third-order valence-corrected chi connectivity index (χ3v) is 4.92. The highest BCUT2D eigenvalue weighted by Crippen LogP contribution is 2.17. The van der Waals surface area contributed by atoms with E-state index in [1.165, 1.54) is 0 Å². The molecule has 0 saturated carbocycles. The van der Waals surface area contributed by atoms with Gasteiger partial charge in [0.1, 0.15) is 0 Å². The maximum atomic E-state index is 12.2. The van der Waals surface area contributed by atoms with E-state index in [4.69, 9.17) is 12.2 Å². The van der Waals surface area contributed by atoms with E-state index >= 15 is 0 Å². The molecule has 0 heterocycles. The fourth-order valence-electron chi connectivity index (χ4n) is 2.28. The van der Waals surface area contributed by atoms with Crippen molar-refractivity contribution in [3.05, 3.63) is 63.6 Å². The highest BCUT2D eigenvalue weighted by molar-refractivity contribution is 9.10. The van der Waals surface area contributed by atoms with E-state index in [2.05, 4.69) is 37.4 Å². The molecule has 7 nitrogen and oxygen atoms in total. The second kappa shape index (κ2) is 10.7. The fourth-order valence-corrected chi connectivity index (χ4v) is 2.80. The Bertz CT molecular complexity index is 932. The summed E-state index contributed by atoms with van der Waals surface area (Å²) in [5.74, 6) is -0.913. The third-order valence-electron chi connectivity index (χ3n) is 3.86. The van der Waals surface area contributed by atoms with Crippen molar-refractivity contribution >= 4 is 56.7 Å². The van der Waals surface area contributed by atoms with Crippen molar-refractivity contribution < 1.29 is 14.4 Å². The van der Waals surface area contributed by atoms with E-state index in [9.17, 15) is 14.4 Å². The van der Waals surface area contributed by atoms with Crippen molar-refractivity contribution in [3.8, 4) is 0 Å². The van der Waals surface area contributed by atoms with Gasteiger partial charge in [0.2, 0.25) is 5.91 Å². The molecule has 0 unspecified atom stereocenters. The predicted octanol–water partition coefficient (Wildman–Crippen LogP) is 3.45. The van der Waals surface area contributed by atoms with Crippen LogP contribution in [0.25, 0.3) is 0 Å². The minimum absolute atomic E-state index is 0.0384. The van der Waals surface area contributed by atoms with Gasteiger partial charge in [-0.1, -0.05) is 28.9 Å². The normalized spacial score (nSPS) is 10.0. The number of halogens is 1. The standard InChI is InChI=1S/C20H21BrN4O3S/c1-3-4-17(26)22-15-9-7-13(8-10-15)19(28)24-25-20(29)23-18(27)14-6-5-12(2)16(21)11-14/h5-11H,3-4H2,1-2H3,(H,22,26)(H,24,28)(H2,23,25,27,29). The second-order valence-corrected chi connectivity index (χ2v) is 7.46. The molecule has 0 spiro atoms. The molecular weight excluding hydrogens is 456 g/mol. The zero-order valence-electron chi connectivity index (χ0n) is 16.0. The molecule has 29 heavy (non-hydrogen) atoms. The Morgan fingerprint density at radius 3 is 2.24 bits per heavy atom. The molecule has 0 atom stereocenters. The van der Waals surface area contributed by atoms with E-state index in [1.807, 2.05) is 19.9 Å². The summed E-state index contributed by atoms with van der Waals surface area (Å²) in [6.07, 6.45) is 1.20. The topological polar surface area (TPSA) is 99.3 Å². The Kier molecular flexibility index (Phi) is 8.29. The van der Waals surface area contributed by atoms with E-state index in [0.29, 0.717) is 23.2 Å². The molecule has 152 valence electrons. The molecule has 9 heteroatoms. The van der Waals surface area contributed by atoms with Gasteiger partial charge in [-0.05, 0) is 67.5 Å². The number of hydrogen-bond acceptors (Lipinski definition) is 4. The van der Waals surface area contributed by atoms with Crippen molar-refractivity contribution in [2.75, 3.05) is 5.32 Å². The first-order valence-corrected chi connectivity index (χ1v) is 10.1. The molecule has 0 bridgehead atoms. The van der Waals surface area contributed by atoms with Gasteiger partial charge in [-0.3, -0.25) is 30.6 Å². The maximum absolute atomic E-state index is 12.2. The lowest BCUT2D eigenvalue weighted by molar-refractivity contribution is -0.116. The first-order chi connectivity index (χ1) is 13.8. The molecular formula is C20H21BrN4O3S. The van der Waals surface area contributed by atoms with Gasteiger partial charge in [0, 0.05) is 27.7 Å². The molecule has 3 amide bonds. The van der Waals surface area contributed by atoms with Gasteiger partial charge in [0.15, 0.2) is 5.11 Å². The highest BCUT2D eigenvalue weighted by Gasteiger charge is 2.11. The van der Waals surface area contributed by atoms with Crippen LogP contribution in [-0.4, -0.2) is 22.8 Å². The molecule has 0 fully saturated rings. The number of hydrogen-bond donors (Lipinski definition) is 4. The average molecular weight is 477 g/mol. The van der Waals surface area contributed by atoms with Crippen LogP contribution >= 0.6 is 28.1 Å². The summed E-state index contributed by atoms with van der Waals surface area (Å²) in [7, 11) is 0. The maximum Gasteiger partial charge on any atom is 0.269 e. The van der Waals surface area contributed by atoms with E-state index in [-0.39, 0.29) is 11.0 Å². The largest absolute Gasteiger partial charge is 0.326 e. The van der Waals surface area contributed by atoms with Gasteiger partial charge in [-0.2, -0.15) is 0 Å². The first-order valence-electron chi connectivity index (χ1n) is 8.88. The van der Waals surface area contributed by atoms with Crippen molar-refractivity contribution in [2.24, 2.45) is 0 Å². The van der Waals surface area contributed by atoms with Crippen LogP contribution in [0.5, 0.6) is 0 Å². The average Bonchev–Trinajstić information content (AvgIpc) is 2.69. The SMILES string of the molecule is CCCC(=O)Nc1ccc(C(=O)NNC(=S)NC(=O)c2ccc(C)c(Br)c2)cc1. The molecule has 0 aliphatic heterocycles. The van der Waals surface area contributed by atoms with Gasteiger partial charge in [0.05, 0.1) is 0 Å². The molecule has 0 aromatic heterocycles. The van der Waals surface area contributed by atoms with Crippen molar-refractivity contribution in [3.63, 3.8) is 0 Å². The number of thiocarbonyl (C=S) groups is 1. The van der Waals surface area contributed by atoms with Crippen LogP contribution in [0.15, 0.2) is 46.9 Å². The van der Waals surface area contributed by atoms with Gasteiger partial charge >= 0.3 is 0 Å². The summed E-state index contributed by atoms with van der Waals surface area (Å²) >= 11 is 8.41. The Hall–Kier alpha value is -2.78. The summed E-state index contributed by atoms with van der Waals surface area (Å²) in [4.78, 5) is 36.0. The number of carbonyl (C=O) groups excluding carboxylic acids is 3. The summed E-state index contributed by atoms with van der Waals surface area (Å²) in [5, 5.41) is 5.20. The zero-order chi connectivity index (χ0) is 21.4. The number of amides is 3. The molecule has 2 aromatic carbocycles. The fraction of sp³-hybridized carbons (Fsp3) is 0.200. The first kappa shape index (κ1) is 22.5. The number of carbonyl (C=O) groups is 3. The Morgan fingerprint density at radius 2 is 1.62 bits per heavy atom. The molecule has 4 N–H and O–H groups in total. The van der Waals surface area contributed by atoms with Crippen LogP contribution in [0.1, 0.15) is 46.0 Å². The monoisotopic (exact) mass is 476 g/mol. The molecule has 2 rings (SSSR count). The lowest BCUT2D eigenvalue weighted by Gasteiger charge is -2.11. The molecule has 0 radical (unpaired) electrons. The third kappa shape index (κ3) is 6.95. The van der Waals surface area contributed by atoms with E-state index < -0.39 is 11.8 Å². The van der Waals surface area contributed by atoms with Crippen LogP contribution in [0.2, 0.25) is 0 Å². The highest BCUT2D eigenvalue weighted by atomic mass is 79.9. The zero-order valence-corrected chi connectivity index (χ0v) is 18.4. The summed E-state index contributed by atoms with van der Waals surface area (Å²) < 4.78 is 0.812. The van der Waals surface area contributed by atoms with Crippen LogP contribution in [0.3, 0.4) is 0 Å². The molecule has 0 aliphatic carbocycles. The second-order valence-electron chi connectivity index (χ2n) is 6.20. The Labute approximate surface area is 182 Å². The summed E-state index contributed by atoms with van der Waals surface area (Å²) in [5.41, 5.74) is 7.31. The quantitative estimate of drug-likeness (QED) is 0.391. The summed E-state index contributed by atoms with van der Waals surface area (Å²) in [6, 6.07) is 11.6. The molecule has 0 aliphatic rings. The summed E-state index contributed by atoms with van der Waals surface area (Å²) in [6.45, 7) is 3.84. The minimum Gasteiger partial charge on any atom is -0.326 e. The van der Waals surface area contributed by atoms with Crippen molar-refractivity contribution in [1.82, 2.24) is 16.2 Å². The van der Waals surface area contributed by atoms with Crippen LogP contribution in [-0.2, 0) is 4.79 Å². The lowest BCUT2D eigenvalue weighted by atomic mass is 10.1. The molecule has 0 saturated heterocycles. The van der Waals surface area contributed by atoms with Crippen LogP contribution in [0.4, 0.5) is 5.69 Å². The smallest absolute Gasteiger partial charge is 0.269 e. The number of rotatable bonds is 5. The van der Waals surface area contributed by atoms with E-state index in [0.717, 1.165) is 16.5 Å². The van der Waals surface area contributed by atoms with E-state index in [1.54, 1.807) is 36.4 Å².